The second-order valence-electron chi connectivity index (χ2n) is 9.25. The van der Waals surface area contributed by atoms with E-state index in [9.17, 15) is 30.6 Å². The summed E-state index contributed by atoms with van der Waals surface area (Å²) >= 11 is 0. The van der Waals surface area contributed by atoms with Crippen LogP contribution in [0.2, 0.25) is 0 Å². The molecule has 2 aromatic rings. The summed E-state index contributed by atoms with van der Waals surface area (Å²) < 4.78 is 38.7. The topological polar surface area (TPSA) is 206 Å². The van der Waals surface area contributed by atoms with Gasteiger partial charge in [-0.2, -0.15) is 0 Å². The number of rotatable bonds is 14. The van der Waals surface area contributed by atoms with Crippen LogP contribution in [0.5, 0.6) is 34.5 Å². The lowest BCUT2D eigenvalue weighted by atomic mass is 9.99. The smallest absolute Gasteiger partial charge is 0.204 e. The standard InChI is InChI=1S/C28H38O14/c1-36-16-10-15(11-17(37-2)23(16)32)22(31)21(13-40-28-26(35)25(34)24(33)20(12-30)42-28)41-27-18(38-3)8-14(6-5-7-29)9-19(27)39-4/h5-6,8-11,20-22,24-26,28-35H,7,12-13H2,1-4H3/b6-5+/t20-,21-,22-,24-,25+,26-,28-/m1/s1. The number of benzene rings is 2. The molecule has 14 nitrogen and oxygen atoms in total. The Hall–Kier alpha value is -3.34. The lowest BCUT2D eigenvalue weighted by Crippen LogP contribution is -2.59. The van der Waals surface area contributed by atoms with Gasteiger partial charge in [-0.05, 0) is 35.4 Å². The monoisotopic (exact) mass is 598 g/mol. The summed E-state index contributed by atoms with van der Waals surface area (Å²) in [6.07, 6.45) is -7.35. The van der Waals surface area contributed by atoms with Gasteiger partial charge in [-0.3, -0.25) is 0 Å². The molecule has 42 heavy (non-hydrogen) atoms. The summed E-state index contributed by atoms with van der Waals surface area (Å²) in [6.45, 7) is -1.33. The molecule has 1 fully saturated rings. The van der Waals surface area contributed by atoms with E-state index in [0.29, 0.717) is 5.56 Å². The quantitative estimate of drug-likeness (QED) is 0.150. The van der Waals surface area contributed by atoms with Crippen LogP contribution in [-0.4, -0.2) is 121 Å². The van der Waals surface area contributed by atoms with E-state index in [4.69, 9.17) is 38.3 Å². The molecule has 0 bridgehead atoms. The zero-order chi connectivity index (χ0) is 31.0. The summed E-state index contributed by atoms with van der Waals surface area (Å²) in [5.74, 6) is 0.205. The van der Waals surface area contributed by atoms with Crippen molar-refractivity contribution in [2.24, 2.45) is 0 Å². The molecule has 1 saturated heterocycles. The Morgan fingerprint density at radius 2 is 1.40 bits per heavy atom. The molecular weight excluding hydrogens is 560 g/mol. The Balaban J connectivity index is 2.02. The lowest BCUT2D eigenvalue weighted by molar-refractivity contribution is -0.305. The van der Waals surface area contributed by atoms with Crippen LogP contribution in [0.15, 0.2) is 30.3 Å². The van der Waals surface area contributed by atoms with Gasteiger partial charge < -0.3 is 68.9 Å². The van der Waals surface area contributed by atoms with Crippen molar-refractivity contribution in [3.05, 3.63) is 41.5 Å². The minimum absolute atomic E-state index is 0.00665. The summed E-state index contributed by atoms with van der Waals surface area (Å²) in [5, 5.41) is 71.2. The summed E-state index contributed by atoms with van der Waals surface area (Å²) in [4.78, 5) is 0. The molecule has 0 amide bonds. The van der Waals surface area contributed by atoms with E-state index in [2.05, 4.69) is 0 Å². The van der Waals surface area contributed by atoms with Crippen LogP contribution in [0.1, 0.15) is 17.2 Å². The van der Waals surface area contributed by atoms with Crippen molar-refractivity contribution in [1.82, 2.24) is 0 Å². The molecule has 0 saturated carbocycles. The van der Waals surface area contributed by atoms with Gasteiger partial charge >= 0.3 is 0 Å². The Kier molecular flexibility index (Phi) is 12.0. The van der Waals surface area contributed by atoms with Crippen molar-refractivity contribution in [3.63, 3.8) is 0 Å². The third-order valence-electron chi connectivity index (χ3n) is 6.64. The fourth-order valence-electron chi connectivity index (χ4n) is 4.34. The van der Waals surface area contributed by atoms with Crippen molar-refractivity contribution in [3.8, 4) is 34.5 Å². The van der Waals surface area contributed by atoms with Crippen LogP contribution in [0.3, 0.4) is 0 Å². The minimum atomic E-state index is -1.70. The number of ether oxygens (including phenoxy) is 7. The number of phenols is 1. The molecule has 1 aliphatic heterocycles. The Bertz CT molecular complexity index is 1140. The minimum Gasteiger partial charge on any atom is -0.502 e. The van der Waals surface area contributed by atoms with Gasteiger partial charge in [-0.15, -0.1) is 0 Å². The number of aliphatic hydroxyl groups is 6. The van der Waals surface area contributed by atoms with E-state index in [-0.39, 0.29) is 46.7 Å². The predicted molar refractivity (Wildman–Crippen MR) is 146 cm³/mol. The van der Waals surface area contributed by atoms with Gasteiger partial charge in [0.2, 0.25) is 11.5 Å². The highest BCUT2D eigenvalue weighted by molar-refractivity contribution is 5.62. The maximum absolute atomic E-state index is 11.5. The second-order valence-corrected chi connectivity index (χ2v) is 9.25. The van der Waals surface area contributed by atoms with Crippen LogP contribution in [-0.2, 0) is 9.47 Å². The van der Waals surface area contributed by atoms with E-state index < -0.39 is 56.1 Å². The summed E-state index contributed by atoms with van der Waals surface area (Å²) in [5.41, 5.74) is 0.803. The third-order valence-corrected chi connectivity index (χ3v) is 6.64. The zero-order valence-electron chi connectivity index (χ0n) is 23.6. The average Bonchev–Trinajstić information content (AvgIpc) is 3.01. The fraction of sp³-hybridized carbons (Fsp3) is 0.500. The average molecular weight is 599 g/mol. The number of hydrogen-bond acceptors (Lipinski definition) is 14. The molecule has 234 valence electrons. The van der Waals surface area contributed by atoms with Gasteiger partial charge in [0.25, 0.3) is 0 Å². The normalized spacial score (nSPS) is 23.8. The maximum Gasteiger partial charge on any atom is 0.204 e. The first-order valence-electron chi connectivity index (χ1n) is 12.9. The number of aliphatic hydroxyl groups excluding tert-OH is 6. The van der Waals surface area contributed by atoms with Gasteiger partial charge in [0, 0.05) is 0 Å². The molecule has 7 atom stereocenters. The van der Waals surface area contributed by atoms with Crippen LogP contribution in [0, 0.1) is 0 Å². The first kappa shape index (κ1) is 33.2. The largest absolute Gasteiger partial charge is 0.502 e. The molecule has 0 unspecified atom stereocenters. The van der Waals surface area contributed by atoms with E-state index in [0.717, 1.165) is 0 Å². The van der Waals surface area contributed by atoms with Crippen LogP contribution in [0.25, 0.3) is 6.08 Å². The molecule has 0 radical (unpaired) electrons. The molecule has 0 aliphatic carbocycles. The second kappa shape index (κ2) is 15.2. The molecule has 14 heteroatoms. The van der Waals surface area contributed by atoms with E-state index >= 15 is 0 Å². The van der Waals surface area contributed by atoms with E-state index in [1.165, 1.54) is 46.6 Å². The molecular formula is C28H38O14. The Morgan fingerprint density at radius 1 is 0.833 bits per heavy atom. The molecule has 1 aliphatic rings. The van der Waals surface area contributed by atoms with Crippen molar-refractivity contribution in [2.45, 2.75) is 42.9 Å². The summed E-state index contributed by atoms with van der Waals surface area (Å²) in [7, 11) is 5.44. The zero-order valence-corrected chi connectivity index (χ0v) is 23.6. The fourth-order valence-corrected chi connectivity index (χ4v) is 4.34. The van der Waals surface area contributed by atoms with Gasteiger partial charge in [0.05, 0.1) is 48.3 Å². The Labute approximate surface area is 242 Å². The van der Waals surface area contributed by atoms with Crippen molar-refractivity contribution in [1.29, 1.82) is 0 Å². The van der Waals surface area contributed by atoms with Gasteiger partial charge in [0.15, 0.2) is 35.4 Å². The Morgan fingerprint density at radius 3 is 1.90 bits per heavy atom. The van der Waals surface area contributed by atoms with Crippen molar-refractivity contribution >= 4 is 6.08 Å². The predicted octanol–water partition coefficient (Wildman–Crippen LogP) is -0.270. The summed E-state index contributed by atoms with van der Waals surface area (Å²) in [6, 6.07) is 5.95. The number of hydrogen-bond donors (Lipinski definition) is 7. The lowest BCUT2D eigenvalue weighted by Gasteiger charge is -2.40. The van der Waals surface area contributed by atoms with Gasteiger partial charge in [-0.25, -0.2) is 0 Å². The van der Waals surface area contributed by atoms with Gasteiger partial charge in [0.1, 0.15) is 30.5 Å². The van der Waals surface area contributed by atoms with Crippen molar-refractivity contribution in [2.75, 3.05) is 48.3 Å². The van der Waals surface area contributed by atoms with E-state index in [1.807, 2.05) is 0 Å². The first-order valence-corrected chi connectivity index (χ1v) is 12.9. The highest BCUT2D eigenvalue weighted by Gasteiger charge is 2.44. The molecule has 3 rings (SSSR count). The van der Waals surface area contributed by atoms with Crippen LogP contribution in [0.4, 0.5) is 0 Å². The molecule has 0 spiro atoms. The van der Waals surface area contributed by atoms with Gasteiger partial charge in [-0.1, -0.05) is 12.2 Å². The molecule has 1 heterocycles. The van der Waals surface area contributed by atoms with Crippen LogP contribution >= 0.6 is 0 Å². The molecule has 0 aromatic heterocycles. The SMILES string of the molecule is COc1cc([C@@H](O)[C@@H](CO[C@@H]2O[C@H](CO)[C@@H](O)[C@H](O)[C@H]2O)Oc2c(OC)cc(/C=C/CO)cc2OC)cc(OC)c1O. The highest BCUT2D eigenvalue weighted by atomic mass is 16.7. The third kappa shape index (κ3) is 7.35. The number of aromatic hydroxyl groups is 1. The van der Waals surface area contributed by atoms with E-state index in [1.54, 1.807) is 18.2 Å². The van der Waals surface area contributed by atoms with Crippen LogP contribution < -0.4 is 23.7 Å². The molecule has 7 N–H and O–H groups in total. The molecule has 2 aromatic carbocycles. The maximum atomic E-state index is 11.5. The number of methoxy groups -OCH3 is 4. The van der Waals surface area contributed by atoms with Crippen molar-refractivity contribution < 1.29 is 68.9 Å². The number of phenolic OH excluding ortho intramolecular Hbond substituents is 1. The first-order chi connectivity index (χ1) is 20.1. The highest BCUT2D eigenvalue weighted by Crippen LogP contribution is 2.43.